The molecule has 66 valence electrons. The standard InChI is InChI=1S/C10H14O2/c1-3-8-4-5-9(6-8)7-10(11)12-2/h3-5,8-9H,1,6-7H2,2H3/t8-,9+/m1/s1. The Morgan fingerprint density at radius 3 is 3.00 bits per heavy atom. The van der Waals surface area contributed by atoms with Gasteiger partial charge < -0.3 is 4.74 Å². The fraction of sp³-hybridized carbons (Fsp3) is 0.500. The summed E-state index contributed by atoms with van der Waals surface area (Å²) in [6.07, 6.45) is 7.58. The van der Waals surface area contributed by atoms with Crippen LogP contribution >= 0.6 is 0 Å². The number of carbonyl (C=O) groups is 1. The lowest BCUT2D eigenvalue weighted by molar-refractivity contribution is -0.141. The Labute approximate surface area is 72.9 Å². The number of esters is 1. The van der Waals surface area contributed by atoms with Gasteiger partial charge in [0.2, 0.25) is 0 Å². The van der Waals surface area contributed by atoms with E-state index in [1.165, 1.54) is 7.11 Å². The SMILES string of the molecule is C=C[C@@H]1C=C[C@H](CC(=O)OC)C1. The lowest BCUT2D eigenvalue weighted by Gasteiger charge is -2.06. The van der Waals surface area contributed by atoms with E-state index in [4.69, 9.17) is 0 Å². The van der Waals surface area contributed by atoms with Gasteiger partial charge in [-0.2, -0.15) is 0 Å². The molecule has 0 bridgehead atoms. The van der Waals surface area contributed by atoms with E-state index in [0.717, 1.165) is 6.42 Å². The predicted octanol–water partition coefficient (Wildman–Crippen LogP) is 1.93. The van der Waals surface area contributed by atoms with Crippen molar-refractivity contribution in [3.63, 3.8) is 0 Å². The second kappa shape index (κ2) is 4.10. The van der Waals surface area contributed by atoms with E-state index < -0.39 is 0 Å². The smallest absolute Gasteiger partial charge is 0.306 e. The summed E-state index contributed by atoms with van der Waals surface area (Å²) in [6.45, 7) is 3.71. The highest BCUT2D eigenvalue weighted by molar-refractivity contribution is 5.69. The third-order valence-electron chi connectivity index (χ3n) is 2.16. The average Bonchev–Trinajstić information content (AvgIpc) is 2.52. The van der Waals surface area contributed by atoms with E-state index in [1.807, 2.05) is 6.08 Å². The molecule has 2 heteroatoms. The molecular formula is C10H14O2. The summed E-state index contributed by atoms with van der Waals surface area (Å²) in [5, 5.41) is 0. The van der Waals surface area contributed by atoms with Crippen molar-refractivity contribution >= 4 is 5.97 Å². The first-order valence-electron chi connectivity index (χ1n) is 4.14. The average molecular weight is 166 g/mol. The third-order valence-corrected chi connectivity index (χ3v) is 2.16. The van der Waals surface area contributed by atoms with Crippen LogP contribution in [0.4, 0.5) is 0 Å². The van der Waals surface area contributed by atoms with Crippen molar-refractivity contribution in [3.05, 3.63) is 24.8 Å². The first kappa shape index (κ1) is 9.04. The van der Waals surface area contributed by atoms with E-state index in [9.17, 15) is 4.79 Å². The zero-order valence-electron chi connectivity index (χ0n) is 7.32. The molecule has 0 fully saturated rings. The summed E-state index contributed by atoms with van der Waals surface area (Å²) in [5.74, 6) is 0.662. The van der Waals surface area contributed by atoms with E-state index in [0.29, 0.717) is 18.3 Å². The minimum atomic E-state index is -0.130. The van der Waals surface area contributed by atoms with Crippen LogP contribution in [-0.2, 0) is 9.53 Å². The maximum absolute atomic E-state index is 10.9. The normalized spacial score (nSPS) is 27.1. The van der Waals surface area contributed by atoms with Crippen molar-refractivity contribution in [1.82, 2.24) is 0 Å². The summed E-state index contributed by atoms with van der Waals surface area (Å²) >= 11 is 0. The molecule has 0 radical (unpaired) electrons. The van der Waals surface area contributed by atoms with Crippen LogP contribution in [0, 0.1) is 11.8 Å². The third kappa shape index (κ3) is 2.22. The summed E-state index contributed by atoms with van der Waals surface area (Å²) < 4.78 is 4.58. The number of ether oxygens (including phenoxy) is 1. The Hall–Kier alpha value is -1.05. The molecule has 0 spiro atoms. The maximum atomic E-state index is 10.9. The lowest BCUT2D eigenvalue weighted by Crippen LogP contribution is -2.07. The Bertz CT molecular complexity index is 206. The summed E-state index contributed by atoms with van der Waals surface area (Å²) in [5.41, 5.74) is 0. The van der Waals surface area contributed by atoms with E-state index >= 15 is 0 Å². The number of hydrogen-bond acceptors (Lipinski definition) is 2. The minimum absolute atomic E-state index is 0.130. The molecule has 0 saturated heterocycles. The highest BCUT2D eigenvalue weighted by Crippen LogP contribution is 2.26. The highest BCUT2D eigenvalue weighted by atomic mass is 16.5. The summed E-state index contributed by atoms with van der Waals surface area (Å²) in [6, 6.07) is 0. The fourth-order valence-corrected chi connectivity index (χ4v) is 1.43. The van der Waals surface area contributed by atoms with Crippen LogP contribution in [-0.4, -0.2) is 13.1 Å². The Kier molecular flexibility index (Phi) is 3.09. The van der Waals surface area contributed by atoms with Gasteiger partial charge in [0.1, 0.15) is 0 Å². The number of hydrogen-bond donors (Lipinski definition) is 0. The number of methoxy groups -OCH3 is 1. The molecular weight excluding hydrogens is 152 g/mol. The molecule has 0 aromatic heterocycles. The minimum Gasteiger partial charge on any atom is -0.469 e. The quantitative estimate of drug-likeness (QED) is 0.473. The van der Waals surface area contributed by atoms with Gasteiger partial charge in [-0.15, -0.1) is 6.58 Å². The number of carbonyl (C=O) groups excluding carboxylic acids is 1. The van der Waals surface area contributed by atoms with Crippen LogP contribution in [0.3, 0.4) is 0 Å². The molecule has 0 heterocycles. The zero-order valence-corrected chi connectivity index (χ0v) is 7.32. The molecule has 12 heavy (non-hydrogen) atoms. The molecule has 0 aliphatic heterocycles. The van der Waals surface area contributed by atoms with Gasteiger partial charge >= 0.3 is 5.97 Å². The van der Waals surface area contributed by atoms with Gasteiger partial charge in [0.25, 0.3) is 0 Å². The molecule has 1 rings (SSSR count). The Morgan fingerprint density at radius 1 is 1.75 bits per heavy atom. The number of allylic oxidation sites excluding steroid dienone is 3. The second-order valence-corrected chi connectivity index (χ2v) is 3.06. The summed E-state index contributed by atoms with van der Waals surface area (Å²) in [7, 11) is 1.42. The molecule has 1 aliphatic carbocycles. The van der Waals surface area contributed by atoms with Crippen molar-refractivity contribution < 1.29 is 9.53 Å². The fourth-order valence-electron chi connectivity index (χ4n) is 1.43. The molecule has 0 saturated carbocycles. The van der Waals surface area contributed by atoms with Crippen LogP contribution in [0.25, 0.3) is 0 Å². The van der Waals surface area contributed by atoms with Gasteiger partial charge in [-0.1, -0.05) is 18.2 Å². The first-order valence-corrected chi connectivity index (χ1v) is 4.14. The maximum Gasteiger partial charge on any atom is 0.306 e. The molecule has 2 nitrogen and oxygen atoms in total. The van der Waals surface area contributed by atoms with Crippen LogP contribution in [0.1, 0.15) is 12.8 Å². The van der Waals surface area contributed by atoms with Gasteiger partial charge in [0.15, 0.2) is 0 Å². The molecule has 0 unspecified atom stereocenters. The second-order valence-electron chi connectivity index (χ2n) is 3.06. The van der Waals surface area contributed by atoms with Crippen LogP contribution in [0.5, 0.6) is 0 Å². The van der Waals surface area contributed by atoms with E-state index in [-0.39, 0.29) is 5.97 Å². The van der Waals surface area contributed by atoms with Crippen molar-refractivity contribution in [2.45, 2.75) is 12.8 Å². The van der Waals surface area contributed by atoms with Crippen LogP contribution in [0.15, 0.2) is 24.8 Å². The van der Waals surface area contributed by atoms with E-state index in [2.05, 4.69) is 23.5 Å². The lowest BCUT2D eigenvalue weighted by atomic mass is 10.0. The van der Waals surface area contributed by atoms with E-state index in [1.54, 1.807) is 0 Å². The van der Waals surface area contributed by atoms with Crippen molar-refractivity contribution in [2.75, 3.05) is 7.11 Å². The molecule has 0 aromatic rings. The van der Waals surface area contributed by atoms with Crippen molar-refractivity contribution in [1.29, 1.82) is 0 Å². The van der Waals surface area contributed by atoms with Gasteiger partial charge in [0, 0.05) is 0 Å². The predicted molar refractivity (Wildman–Crippen MR) is 47.6 cm³/mol. The van der Waals surface area contributed by atoms with Crippen molar-refractivity contribution in [2.24, 2.45) is 11.8 Å². The monoisotopic (exact) mass is 166 g/mol. The number of rotatable bonds is 3. The Balaban J connectivity index is 2.34. The van der Waals surface area contributed by atoms with Gasteiger partial charge in [0.05, 0.1) is 13.5 Å². The molecule has 0 amide bonds. The molecule has 2 atom stereocenters. The topological polar surface area (TPSA) is 26.3 Å². The van der Waals surface area contributed by atoms with Gasteiger partial charge in [-0.25, -0.2) is 0 Å². The largest absolute Gasteiger partial charge is 0.469 e. The van der Waals surface area contributed by atoms with Crippen LogP contribution < -0.4 is 0 Å². The molecule has 0 N–H and O–H groups in total. The van der Waals surface area contributed by atoms with Crippen molar-refractivity contribution in [3.8, 4) is 0 Å². The van der Waals surface area contributed by atoms with Gasteiger partial charge in [-0.05, 0) is 18.3 Å². The zero-order chi connectivity index (χ0) is 8.97. The highest BCUT2D eigenvalue weighted by Gasteiger charge is 2.19. The van der Waals surface area contributed by atoms with Gasteiger partial charge in [-0.3, -0.25) is 4.79 Å². The molecule has 0 aromatic carbocycles. The summed E-state index contributed by atoms with van der Waals surface area (Å²) in [4.78, 5) is 10.9. The first-order chi connectivity index (χ1) is 5.76. The Morgan fingerprint density at radius 2 is 2.50 bits per heavy atom. The van der Waals surface area contributed by atoms with Crippen LogP contribution in [0.2, 0.25) is 0 Å². The molecule has 1 aliphatic rings.